The summed E-state index contributed by atoms with van der Waals surface area (Å²) < 4.78 is 0. The zero-order chi connectivity index (χ0) is 12.7. The van der Waals surface area contributed by atoms with Crippen molar-refractivity contribution in [2.45, 2.75) is 58.9 Å². The molecular weight excluding hydrogens is 208 g/mol. The van der Waals surface area contributed by atoms with Crippen LogP contribution in [0.1, 0.15) is 52.9 Å². The first-order chi connectivity index (χ1) is 8.11. The minimum Gasteiger partial charge on any atom is -0.316 e. The highest BCUT2D eigenvalue weighted by atomic mass is 15.1. The maximum atomic E-state index is 3.51. The molecule has 1 aliphatic rings. The normalized spacial score (nSPS) is 18.0. The summed E-state index contributed by atoms with van der Waals surface area (Å²) in [6.45, 7) is 10.6. The van der Waals surface area contributed by atoms with Gasteiger partial charge in [0.15, 0.2) is 0 Å². The number of nitrogens with zero attached hydrogens (tertiary/aromatic N) is 1. The van der Waals surface area contributed by atoms with Crippen LogP contribution in [-0.4, -0.2) is 37.6 Å². The van der Waals surface area contributed by atoms with E-state index < -0.39 is 0 Å². The lowest BCUT2D eigenvalue weighted by Gasteiger charge is -2.24. The fourth-order valence-electron chi connectivity index (χ4n) is 2.32. The number of hydrogen-bond acceptors (Lipinski definition) is 2. The summed E-state index contributed by atoms with van der Waals surface area (Å²) in [5, 5.41) is 3.51. The Morgan fingerprint density at radius 2 is 1.82 bits per heavy atom. The Balaban J connectivity index is 1.86. The van der Waals surface area contributed by atoms with E-state index in [1.807, 2.05) is 0 Å². The summed E-state index contributed by atoms with van der Waals surface area (Å²) >= 11 is 0. The smallest absolute Gasteiger partial charge is 0.00921 e. The van der Waals surface area contributed by atoms with Crippen molar-refractivity contribution in [3.63, 3.8) is 0 Å². The first kappa shape index (κ1) is 15.0. The minimum absolute atomic E-state index is 0.778. The second-order valence-electron chi connectivity index (χ2n) is 6.22. The van der Waals surface area contributed by atoms with Gasteiger partial charge in [-0.25, -0.2) is 0 Å². The third-order valence-corrected chi connectivity index (χ3v) is 3.92. The minimum atomic E-state index is 0.778. The van der Waals surface area contributed by atoms with Crippen LogP contribution in [-0.2, 0) is 0 Å². The second-order valence-corrected chi connectivity index (χ2v) is 6.22. The van der Waals surface area contributed by atoms with Crippen molar-refractivity contribution >= 4 is 0 Å². The van der Waals surface area contributed by atoms with E-state index in [0.717, 1.165) is 17.9 Å². The van der Waals surface area contributed by atoms with Gasteiger partial charge in [0.25, 0.3) is 0 Å². The van der Waals surface area contributed by atoms with E-state index in [1.165, 1.54) is 51.7 Å². The van der Waals surface area contributed by atoms with Crippen molar-refractivity contribution in [2.24, 2.45) is 11.8 Å². The lowest BCUT2D eigenvalue weighted by atomic mass is 10.1. The van der Waals surface area contributed by atoms with E-state index in [-0.39, 0.29) is 0 Å². The Bertz CT molecular complexity index is 187. The van der Waals surface area contributed by atoms with Crippen LogP contribution in [0.5, 0.6) is 0 Å². The van der Waals surface area contributed by atoms with E-state index in [0.29, 0.717) is 0 Å². The summed E-state index contributed by atoms with van der Waals surface area (Å²) in [5.74, 6) is 1.79. The zero-order valence-electron chi connectivity index (χ0n) is 12.3. The van der Waals surface area contributed by atoms with E-state index in [9.17, 15) is 0 Å². The molecule has 1 fully saturated rings. The van der Waals surface area contributed by atoms with Crippen molar-refractivity contribution in [3.05, 3.63) is 0 Å². The molecule has 0 aromatic rings. The van der Waals surface area contributed by atoms with Crippen molar-refractivity contribution in [1.29, 1.82) is 0 Å². The maximum absolute atomic E-state index is 3.51. The molecule has 102 valence electrons. The maximum Gasteiger partial charge on any atom is 0.00921 e. The molecule has 1 aliphatic carbocycles. The second kappa shape index (κ2) is 8.10. The van der Waals surface area contributed by atoms with Crippen LogP contribution in [0.15, 0.2) is 0 Å². The third kappa shape index (κ3) is 7.05. The van der Waals surface area contributed by atoms with Gasteiger partial charge in [-0.05, 0) is 71.1 Å². The highest BCUT2D eigenvalue weighted by Gasteiger charge is 2.29. The Hall–Kier alpha value is -0.0800. The summed E-state index contributed by atoms with van der Waals surface area (Å²) in [4.78, 5) is 2.55. The molecule has 0 saturated heterocycles. The summed E-state index contributed by atoms with van der Waals surface area (Å²) in [7, 11) is 2.29. The molecule has 0 bridgehead atoms. The lowest BCUT2D eigenvalue weighted by molar-refractivity contribution is 0.229. The predicted octanol–water partition coefficient (Wildman–Crippen LogP) is 3.13. The number of unbranched alkanes of at least 4 members (excludes halogenated alkanes) is 2. The van der Waals surface area contributed by atoms with E-state index in [4.69, 9.17) is 0 Å². The predicted molar refractivity (Wildman–Crippen MR) is 76.4 cm³/mol. The van der Waals surface area contributed by atoms with Gasteiger partial charge < -0.3 is 10.2 Å². The van der Waals surface area contributed by atoms with Gasteiger partial charge in [-0.2, -0.15) is 0 Å². The van der Waals surface area contributed by atoms with Crippen LogP contribution in [0.2, 0.25) is 0 Å². The van der Waals surface area contributed by atoms with Gasteiger partial charge in [-0.1, -0.05) is 20.3 Å². The van der Waals surface area contributed by atoms with Crippen molar-refractivity contribution in [3.8, 4) is 0 Å². The average molecular weight is 240 g/mol. The molecule has 0 heterocycles. The van der Waals surface area contributed by atoms with Gasteiger partial charge in [0.2, 0.25) is 0 Å². The number of rotatable bonds is 10. The van der Waals surface area contributed by atoms with Gasteiger partial charge in [-0.15, -0.1) is 0 Å². The summed E-state index contributed by atoms with van der Waals surface area (Å²) in [6, 6.07) is 0.814. The molecule has 1 atom stereocenters. The van der Waals surface area contributed by atoms with Crippen molar-refractivity contribution < 1.29 is 0 Å². The van der Waals surface area contributed by atoms with Crippen LogP contribution in [0.25, 0.3) is 0 Å². The van der Waals surface area contributed by atoms with Gasteiger partial charge in [0.1, 0.15) is 0 Å². The molecule has 0 radical (unpaired) electrons. The molecule has 1 rings (SSSR count). The fraction of sp³-hybridized carbons (Fsp3) is 1.00. The quantitative estimate of drug-likeness (QED) is 0.590. The van der Waals surface area contributed by atoms with Gasteiger partial charge in [0, 0.05) is 6.04 Å². The molecule has 2 nitrogen and oxygen atoms in total. The molecule has 0 aliphatic heterocycles. The number of hydrogen-bond donors (Lipinski definition) is 1. The molecular formula is C15H32N2. The zero-order valence-corrected chi connectivity index (χ0v) is 12.3. The Morgan fingerprint density at radius 3 is 2.41 bits per heavy atom. The SMILES string of the molecule is CC(C)CNCCCCCN(C)C(C)C1CC1. The molecule has 0 spiro atoms. The van der Waals surface area contributed by atoms with Gasteiger partial charge >= 0.3 is 0 Å². The fourth-order valence-corrected chi connectivity index (χ4v) is 2.32. The average Bonchev–Trinajstić information content (AvgIpc) is 3.09. The molecule has 1 saturated carbocycles. The third-order valence-electron chi connectivity index (χ3n) is 3.92. The molecule has 0 aromatic heterocycles. The molecule has 17 heavy (non-hydrogen) atoms. The van der Waals surface area contributed by atoms with E-state index in [2.05, 4.69) is 38.0 Å². The monoisotopic (exact) mass is 240 g/mol. The van der Waals surface area contributed by atoms with Gasteiger partial charge in [-0.3, -0.25) is 0 Å². The molecule has 0 amide bonds. The standard InChI is InChI=1S/C15H32N2/c1-13(2)12-16-10-6-5-7-11-17(4)14(3)15-8-9-15/h13-16H,5-12H2,1-4H3. The van der Waals surface area contributed by atoms with Crippen LogP contribution >= 0.6 is 0 Å². The largest absolute Gasteiger partial charge is 0.316 e. The van der Waals surface area contributed by atoms with Crippen molar-refractivity contribution in [1.82, 2.24) is 10.2 Å². The molecule has 1 N–H and O–H groups in total. The lowest BCUT2D eigenvalue weighted by Crippen LogP contribution is -2.31. The van der Waals surface area contributed by atoms with Crippen LogP contribution in [0.4, 0.5) is 0 Å². The highest BCUT2D eigenvalue weighted by molar-refractivity contribution is 4.83. The first-order valence-corrected chi connectivity index (χ1v) is 7.52. The van der Waals surface area contributed by atoms with Crippen LogP contribution in [0, 0.1) is 11.8 Å². The Labute approximate surface area is 108 Å². The molecule has 2 heteroatoms. The highest BCUT2D eigenvalue weighted by Crippen LogP contribution is 2.34. The van der Waals surface area contributed by atoms with Crippen molar-refractivity contribution in [2.75, 3.05) is 26.7 Å². The topological polar surface area (TPSA) is 15.3 Å². The summed E-state index contributed by atoms with van der Waals surface area (Å²) in [5.41, 5.74) is 0. The Kier molecular flexibility index (Phi) is 7.14. The van der Waals surface area contributed by atoms with E-state index in [1.54, 1.807) is 0 Å². The van der Waals surface area contributed by atoms with E-state index >= 15 is 0 Å². The molecule has 1 unspecified atom stereocenters. The van der Waals surface area contributed by atoms with Gasteiger partial charge in [0.05, 0.1) is 0 Å². The van der Waals surface area contributed by atoms with Crippen LogP contribution in [0.3, 0.4) is 0 Å². The molecule has 0 aromatic carbocycles. The Morgan fingerprint density at radius 1 is 1.12 bits per heavy atom. The summed E-state index contributed by atoms with van der Waals surface area (Å²) in [6.07, 6.45) is 6.98. The van der Waals surface area contributed by atoms with Crippen LogP contribution < -0.4 is 5.32 Å². The number of nitrogens with one attached hydrogen (secondary N) is 1. The first-order valence-electron chi connectivity index (χ1n) is 7.52.